The predicted octanol–water partition coefficient (Wildman–Crippen LogP) is 2.62. The van der Waals surface area contributed by atoms with Crippen molar-refractivity contribution in [3.63, 3.8) is 0 Å². The molecule has 1 unspecified atom stereocenters. The molecule has 0 bridgehead atoms. The maximum atomic E-state index is 11.9. The second-order valence-electron chi connectivity index (χ2n) is 4.90. The Morgan fingerprint density at radius 3 is 2.77 bits per heavy atom. The van der Waals surface area contributed by atoms with Crippen molar-refractivity contribution >= 4 is 17.4 Å². The van der Waals surface area contributed by atoms with Gasteiger partial charge in [-0.15, -0.1) is 10.2 Å². The van der Waals surface area contributed by atoms with Crippen LogP contribution in [0.15, 0.2) is 36.4 Å². The van der Waals surface area contributed by atoms with Crippen LogP contribution in [0.25, 0.3) is 0 Å². The summed E-state index contributed by atoms with van der Waals surface area (Å²) in [7, 11) is 0. The van der Waals surface area contributed by atoms with E-state index in [4.69, 9.17) is 5.26 Å². The number of carbonyl (C=O) groups excluding carboxylic acids is 1. The largest absolute Gasteiger partial charge is 0.348 e. The fourth-order valence-electron chi connectivity index (χ4n) is 1.73. The minimum absolute atomic E-state index is 0.0980. The molecule has 0 radical (unpaired) electrons. The molecule has 1 aromatic heterocycles. The predicted molar refractivity (Wildman–Crippen MR) is 83.7 cm³/mol. The van der Waals surface area contributed by atoms with Crippen molar-refractivity contribution in [3.05, 3.63) is 47.7 Å². The standard InChI is InChI=1S/C16H17N5O/c1-3-11(2)18-16(22)14-7-8-15(21-20-14)19-13-6-4-5-12(9-13)10-17/h4-9,11H,3H2,1-2H3,(H,18,22)(H,19,21). The average Bonchev–Trinajstić information content (AvgIpc) is 2.55. The van der Waals surface area contributed by atoms with Gasteiger partial charge in [0.1, 0.15) is 0 Å². The molecular weight excluding hydrogens is 278 g/mol. The van der Waals surface area contributed by atoms with Crippen molar-refractivity contribution in [3.8, 4) is 6.07 Å². The molecule has 0 aliphatic rings. The number of benzene rings is 1. The molecule has 1 amide bonds. The highest BCUT2D eigenvalue weighted by Crippen LogP contribution is 2.15. The van der Waals surface area contributed by atoms with Crippen LogP contribution in [0.2, 0.25) is 0 Å². The highest BCUT2D eigenvalue weighted by Gasteiger charge is 2.10. The molecule has 0 spiro atoms. The minimum atomic E-state index is -0.236. The van der Waals surface area contributed by atoms with E-state index in [1.807, 2.05) is 19.9 Å². The van der Waals surface area contributed by atoms with Gasteiger partial charge in [0.05, 0.1) is 11.6 Å². The van der Waals surface area contributed by atoms with Crippen molar-refractivity contribution < 1.29 is 4.79 Å². The third-order valence-corrected chi connectivity index (χ3v) is 3.15. The van der Waals surface area contributed by atoms with Crippen molar-refractivity contribution in [2.45, 2.75) is 26.3 Å². The molecule has 112 valence electrons. The number of carbonyl (C=O) groups is 1. The van der Waals surface area contributed by atoms with Crippen LogP contribution < -0.4 is 10.6 Å². The Morgan fingerprint density at radius 1 is 1.32 bits per heavy atom. The van der Waals surface area contributed by atoms with Gasteiger partial charge in [-0.05, 0) is 43.7 Å². The highest BCUT2D eigenvalue weighted by atomic mass is 16.2. The Labute approximate surface area is 129 Å². The van der Waals surface area contributed by atoms with Crippen LogP contribution in [0.1, 0.15) is 36.3 Å². The Balaban J connectivity index is 2.05. The summed E-state index contributed by atoms with van der Waals surface area (Å²) in [4.78, 5) is 11.9. The first-order chi connectivity index (χ1) is 10.6. The molecule has 22 heavy (non-hydrogen) atoms. The Morgan fingerprint density at radius 2 is 2.14 bits per heavy atom. The molecule has 2 rings (SSSR count). The van der Waals surface area contributed by atoms with Crippen LogP contribution in [0.3, 0.4) is 0 Å². The fourth-order valence-corrected chi connectivity index (χ4v) is 1.73. The summed E-state index contributed by atoms with van der Waals surface area (Å²) in [5.41, 5.74) is 1.57. The molecule has 2 aromatic rings. The second-order valence-corrected chi connectivity index (χ2v) is 4.90. The zero-order chi connectivity index (χ0) is 15.9. The first-order valence-corrected chi connectivity index (χ1v) is 7.04. The molecule has 2 N–H and O–H groups in total. The lowest BCUT2D eigenvalue weighted by atomic mass is 10.2. The molecule has 0 fully saturated rings. The van der Waals surface area contributed by atoms with Gasteiger partial charge in [0.25, 0.3) is 5.91 Å². The molecule has 0 saturated heterocycles. The molecule has 0 saturated carbocycles. The van der Waals surface area contributed by atoms with Gasteiger partial charge < -0.3 is 10.6 Å². The molecule has 1 heterocycles. The number of anilines is 2. The number of hydrogen-bond donors (Lipinski definition) is 2. The molecule has 6 heteroatoms. The molecule has 0 aliphatic heterocycles. The minimum Gasteiger partial charge on any atom is -0.348 e. The summed E-state index contributed by atoms with van der Waals surface area (Å²) < 4.78 is 0. The molecule has 0 aliphatic carbocycles. The van der Waals surface area contributed by atoms with E-state index in [0.29, 0.717) is 11.4 Å². The van der Waals surface area contributed by atoms with Crippen LogP contribution >= 0.6 is 0 Å². The normalized spacial score (nSPS) is 11.3. The van der Waals surface area contributed by atoms with Crippen LogP contribution in [-0.4, -0.2) is 22.1 Å². The van der Waals surface area contributed by atoms with Crippen molar-refractivity contribution in [1.29, 1.82) is 5.26 Å². The number of amides is 1. The third kappa shape index (κ3) is 4.03. The van der Waals surface area contributed by atoms with E-state index in [1.54, 1.807) is 30.3 Å². The maximum Gasteiger partial charge on any atom is 0.272 e. The van der Waals surface area contributed by atoms with E-state index >= 15 is 0 Å². The second kappa shape index (κ2) is 7.18. The number of aromatic nitrogens is 2. The van der Waals surface area contributed by atoms with Gasteiger partial charge in [-0.2, -0.15) is 5.26 Å². The van der Waals surface area contributed by atoms with Crippen LogP contribution in [0.5, 0.6) is 0 Å². The summed E-state index contributed by atoms with van der Waals surface area (Å²) in [5, 5.41) is 22.6. The van der Waals surface area contributed by atoms with Crippen LogP contribution in [0, 0.1) is 11.3 Å². The topological polar surface area (TPSA) is 90.7 Å². The summed E-state index contributed by atoms with van der Waals surface area (Å²) in [6, 6.07) is 12.5. The summed E-state index contributed by atoms with van der Waals surface area (Å²) >= 11 is 0. The smallest absolute Gasteiger partial charge is 0.272 e. The molecule has 6 nitrogen and oxygen atoms in total. The van der Waals surface area contributed by atoms with Crippen molar-refractivity contribution in [1.82, 2.24) is 15.5 Å². The van der Waals surface area contributed by atoms with Gasteiger partial charge in [-0.1, -0.05) is 13.0 Å². The first-order valence-electron chi connectivity index (χ1n) is 7.04. The first kappa shape index (κ1) is 15.4. The number of hydrogen-bond acceptors (Lipinski definition) is 5. The summed E-state index contributed by atoms with van der Waals surface area (Å²) in [6.07, 6.45) is 0.855. The Hall–Kier alpha value is -2.94. The van der Waals surface area contributed by atoms with E-state index < -0.39 is 0 Å². The summed E-state index contributed by atoms with van der Waals surface area (Å²) in [5.74, 6) is 0.273. The maximum absolute atomic E-state index is 11.9. The van der Waals surface area contributed by atoms with Crippen molar-refractivity contribution in [2.24, 2.45) is 0 Å². The molecule has 1 atom stereocenters. The van der Waals surface area contributed by atoms with E-state index in [-0.39, 0.29) is 17.6 Å². The SMILES string of the molecule is CCC(C)NC(=O)c1ccc(Nc2cccc(C#N)c2)nn1. The van der Waals surface area contributed by atoms with Gasteiger partial charge in [0.15, 0.2) is 11.5 Å². The lowest BCUT2D eigenvalue weighted by Crippen LogP contribution is -2.32. The van der Waals surface area contributed by atoms with Crippen LogP contribution in [-0.2, 0) is 0 Å². The van der Waals surface area contributed by atoms with Crippen LogP contribution in [0.4, 0.5) is 11.5 Å². The summed E-state index contributed by atoms with van der Waals surface area (Å²) in [6.45, 7) is 3.93. The molecule has 1 aromatic carbocycles. The van der Waals surface area contributed by atoms with E-state index in [2.05, 4.69) is 26.9 Å². The van der Waals surface area contributed by atoms with E-state index in [0.717, 1.165) is 12.1 Å². The third-order valence-electron chi connectivity index (χ3n) is 3.15. The lowest BCUT2D eigenvalue weighted by molar-refractivity contribution is 0.0933. The zero-order valence-corrected chi connectivity index (χ0v) is 12.5. The van der Waals surface area contributed by atoms with Gasteiger partial charge >= 0.3 is 0 Å². The number of nitrogens with zero attached hydrogens (tertiary/aromatic N) is 3. The number of nitriles is 1. The van der Waals surface area contributed by atoms with E-state index in [9.17, 15) is 4.79 Å². The fraction of sp³-hybridized carbons (Fsp3) is 0.250. The Bertz CT molecular complexity index is 690. The van der Waals surface area contributed by atoms with E-state index in [1.165, 1.54) is 0 Å². The quantitative estimate of drug-likeness (QED) is 0.884. The van der Waals surface area contributed by atoms with Gasteiger partial charge in [0.2, 0.25) is 0 Å². The Kier molecular flexibility index (Phi) is 5.04. The number of nitrogens with one attached hydrogen (secondary N) is 2. The lowest BCUT2D eigenvalue weighted by Gasteiger charge is -2.10. The molecular formula is C16H17N5O. The highest BCUT2D eigenvalue weighted by molar-refractivity contribution is 5.92. The van der Waals surface area contributed by atoms with Crippen molar-refractivity contribution in [2.75, 3.05) is 5.32 Å². The monoisotopic (exact) mass is 295 g/mol. The number of rotatable bonds is 5. The van der Waals surface area contributed by atoms with Gasteiger partial charge in [0, 0.05) is 11.7 Å². The van der Waals surface area contributed by atoms with Gasteiger partial charge in [-0.3, -0.25) is 4.79 Å². The zero-order valence-electron chi connectivity index (χ0n) is 12.5. The van der Waals surface area contributed by atoms with Gasteiger partial charge in [-0.25, -0.2) is 0 Å². The average molecular weight is 295 g/mol.